The van der Waals surface area contributed by atoms with Gasteiger partial charge in [-0.25, -0.2) is 9.59 Å². The molecule has 0 fully saturated rings. The van der Waals surface area contributed by atoms with E-state index in [2.05, 4.69) is 10.1 Å². The van der Waals surface area contributed by atoms with E-state index in [1.54, 1.807) is 34.6 Å². The molecule has 9 heteroatoms. The van der Waals surface area contributed by atoms with Crippen LogP contribution in [0.3, 0.4) is 0 Å². The van der Waals surface area contributed by atoms with Gasteiger partial charge in [0.2, 0.25) is 5.88 Å². The number of carbonyl (C=O) groups excluding carboxylic acids is 2. The van der Waals surface area contributed by atoms with Crippen LogP contribution in [0.25, 0.3) is 0 Å². The van der Waals surface area contributed by atoms with Crippen LogP contribution in [-0.4, -0.2) is 34.3 Å². The van der Waals surface area contributed by atoms with Crippen LogP contribution in [-0.2, 0) is 19.2 Å². The summed E-state index contributed by atoms with van der Waals surface area (Å²) in [6.07, 6.45) is -0.319. The molecule has 0 aliphatic heterocycles. The Labute approximate surface area is 132 Å². The van der Waals surface area contributed by atoms with Gasteiger partial charge in [0.25, 0.3) is 5.71 Å². The highest BCUT2D eigenvalue weighted by Gasteiger charge is 2.30. The Morgan fingerprint density at radius 2 is 1.95 bits per heavy atom. The summed E-state index contributed by atoms with van der Waals surface area (Å²) in [6.45, 7) is 8.39. The monoisotopic (exact) mass is 329 g/mol. The molecule has 0 aliphatic carbocycles. The highest BCUT2D eigenvalue weighted by molar-refractivity contribution is 7.13. The molecular weight excluding hydrogens is 310 g/mol. The maximum absolute atomic E-state index is 12.1. The first-order valence-electron chi connectivity index (χ1n) is 6.49. The fourth-order valence-corrected chi connectivity index (χ4v) is 1.57. The second kappa shape index (κ2) is 7.21. The minimum absolute atomic E-state index is 0.0201. The smallest absolute Gasteiger partial charge is 0.374 e. The molecule has 0 radical (unpaired) electrons. The molecule has 0 aliphatic rings. The van der Waals surface area contributed by atoms with Gasteiger partial charge in [-0.3, -0.25) is 0 Å². The molecule has 0 atom stereocenters. The van der Waals surface area contributed by atoms with Crippen LogP contribution >= 0.6 is 11.3 Å². The molecule has 1 aromatic heterocycles. The summed E-state index contributed by atoms with van der Waals surface area (Å²) in [5.74, 6) is -1.99. The number of thiazole rings is 1. The van der Waals surface area contributed by atoms with Crippen molar-refractivity contribution in [3.05, 3.63) is 5.38 Å². The molecule has 1 aromatic rings. The Morgan fingerprint density at radius 3 is 2.41 bits per heavy atom. The van der Waals surface area contributed by atoms with Gasteiger partial charge in [0.15, 0.2) is 5.13 Å². The predicted molar refractivity (Wildman–Crippen MR) is 81.7 cm³/mol. The van der Waals surface area contributed by atoms with Gasteiger partial charge in [-0.1, -0.05) is 5.16 Å². The van der Waals surface area contributed by atoms with Crippen molar-refractivity contribution in [2.45, 2.75) is 46.3 Å². The molecule has 0 aromatic carbocycles. The average molecular weight is 329 g/mol. The van der Waals surface area contributed by atoms with Gasteiger partial charge in [0, 0.05) is 0 Å². The summed E-state index contributed by atoms with van der Waals surface area (Å²) in [7, 11) is 0. The van der Waals surface area contributed by atoms with E-state index in [1.165, 1.54) is 5.38 Å². The molecule has 0 bridgehead atoms. The first kappa shape index (κ1) is 17.9. The van der Waals surface area contributed by atoms with E-state index in [0.717, 1.165) is 11.3 Å². The Balaban J connectivity index is 2.91. The van der Waals surface area contributed by atoms with E-state index in [-0.39, 0.29) is 17.1 Å². The third-order valence-electron chi connectivity index (χ3n) is 1.84. The van der Waals surface area contributed by atoms with Gasteiger partial charge in [-0.15, -0.1) is 11.3 Å². The maximum atomic E-state index is 12.1. The molecular formula is C13H19N3O5S. The van der Waals surface area contributed by atoms with Gasteiger partial charge in [-0.05, 0) is 34.6 Å². The molecule has 2 N–H and O–H groups in total. The molecule has 0 saturated carbocycles. The maximum Gasteiger partial charge on any atom is 0.374 e. The van der Waals surface area contributed by atoms with Crippen molar-refractivity contribution in [3.8, 4) is 5.88 Å². The Kier molecular flexibility index (Phi) is 5.86. The molecule has 1 heterocycles. The third-order valence-corrected chi connectivity index (χ3v) is 2.49. The van der Waals surface area contributed by atoms with Crippen LogP contribution in [0.5, 0.6) is 5.88 Å². The number of nitrogen functional groups attached to an aromatic ring is 1. The number of esters is 2. The summed E-state index contributed by atoms with van der Waals surface area (Å²) in [6, 6.07) is 0. The van der Waals surface area contributed by atoms with Crippen LogP contribution < -0.4 is 10.5 Å². The van der Waals surface area contributed by atoms with E-state index in [4.69, 9.17) is 20.0 Å². The topological polar surface area (TPSA) is 113 Å². The number of oxime groups is 1. The van der Waals surface area contributed by atoms with Crippen molar-refractivity contribution in [1.82, 2.24) is 4.98 Å². The van der Waals surface area contributed by atoms with Crippen LogP contribution in [0.1, 0.15) is 34.6 Å². The van der Waals surface area contributed by atoms with Crippen LogP contribution in [0, 0.1) is 0 Å². The average Bonchev–Trinajstić information content (AvgIpc) is 2.72. The van der Waals surface area contributed by atoms with Crippen molar-refractivity contribution in [3.63, 3.8) is 0 Å². The molecule has 1 rings (SSSR count). The number of hydrogen-bond donors (Lipinski definition) is 1. The van der Waals surface area contributed by atoms with Gasteiger partial charge in [0.05, 0.1) is 5.38 Å². The minimum Gasteiger partial charge on any atom is -0.455 e. The Bertz CT molecular complexity index is 574. The SMILES string of the molecule is CC(C)ON=C(C(=O)Oc1csc(N)n1)C(=O)OC(C)(C)C. The van der Waals surface area contributed by atoms with E-state index in [9.17, 15) is 9.59 Å². The molecule has 22 heavy (non-hydrogen) atoms. The number of nitrogens with two attached hydrogens (primary N) is 1. The second-order valence-corrected chi connectivity index (χ2v) is 6.40. The standard InChI is InChI=1S/C13H19N3O5S/c1-7(2)21-16-9(11(18)20-13(3,4)5)10(17)19-8-6-22-12(14)15-8/h6-7H,1-5H3,(H2,14,15). The quantitative estimate of drug-likeness (QED) is 0.379. The zero-order valence-electron chi connectivity index (χ0n) is 13.1. The summed E-state index contributed by atoms with van der Waals surface area (Å²) in [5.41, 5.74) is 4.05. The summed E-state index contributed by atoms with van der Waals surface area (Å²) >= 11 is 1.10. The lowest BCUT2D eigenvalue weighted by Crippen LogP contribution is -2.35. The summed E-state index contributed by atoms with van der Waals surface area (Å²) in [5, 5.41) is 5.19. The van der Waals surface area contributed by atoms with Gasteiger partial charge in [-0.2, -0.15) is 4.98 Å². The van der Waals surface area contributed by atoms with Crippen molar-refractivity contribution in [2.24, 2.45) is 5.16 Å². The zero-order chi connectivity index (χ0) is 16.9. The number of aromatic nitrogens is 1. The van der Waals surface area contributed by atoms with Gasteiger partial charge < -0.3 is 20.0 Å². The number of nitrogens with zero attached hydrogens (tertiary/aromatic N) is 2. The van der Waals surface area contributed by atoms with E-state index in [1.807, 2.05) is 0 Å². The number of anilines is 1. The summed E-state index contributed by atoms with van der Waals surface area (Å²) in [4.78, 5) is 32.8. The van der Waals surface area contributed by atoms with Crippen molar-refractivity contribution in [2.75, 3.05) is 5.73 Å². The largest absolute Gasteiger partial charge is 0.455 e. The number of carbonyl (C=O) groups is 2. The first-order valence-corrected chi connectivity index (χ1v) is 7.37. The highest BCUT2D eigenvalue weighted by atomic mass is 32.1. The van der Waals surface area contributed by atoms with E-state index in [0.29, 0.717) is 0 Å². The number of hydrogen-bond acceptors (Lipinski definition) is 9. The fraction of sp³-hybridized carbons (Fsp3) is 0.538. The van der Waals surface area contributed by atoms with Gasteiger partial charge >= 0.3 is 11.9 Å². The predicted octanol–water partition coefficient (Wildman–Crippen LogP) is 1.75. The second-order valence-electron chi connectivity index (χ2n) is 5.51. The third kappa shape index (κ3) is 6.08. The lowest BCUT2D eigenvalue weighted by Gasteiger charge is -2.19. The molecule has 0 spiro atoms. The van der Waals surface area contributed by atoms with Crippen LogP contribution in [0.4, 0.5) is 5.13 Å². The molecule has 0 saturated heterocycles. The van der Waals surface area contributed by atoms with Crippen LogP contribution in [0.15, 0.2) is 10.5 Å². The summed E-state index contributed by atoms with van der Waals surface area (Å²) < 4.78 is 10.0. The zero-order valence-corrected chi connectivity index (χ0v) is 13.9. The first-order chi connectivity index (χ1) is 10.1. The minimum atomic E-state index is -1.03. The van der Waals surface area contributed by atoms with Crippen molar-refractivity contribution in [1.29, 1.82) is 0 Å². The molecule has 8 nitrogen and oxygen atoms in total. The Hall–Kier alpha value is -2.16. The highest BCUT2D eigenvalue weighted by Crippen LogP contribution is 2.18. The normalized spacial score (nSPS) is 12.2. The van der Waals surface area contributed by atoms with Crippen molar-refractivity contribution < 1.29 is 23.9 Å². The van der Waals surface area contributed by atoms with Crippen molar-refractivity contribution >= 4 is 34.1 Å². The lowest BCUT2D eigenvalue weighted by molar-refractivity contribution is -0.147. The lowest BCUT2D eigenvalue weighted by atomic mass is 10.2. The fourth-order valence-electron chi connectivity index (χ4n) is 1.10. The van der Waals surface area contributed by atoms with Gasteiger partial charge in [0.1, 0.15) is 11.7 Å². The number of rotatable bonds is 5. The Morgan fingerprint density at radius 1 is 1.32 bits per heavy atom. The molecule has 122 valence electrons. The van der Waals surface area contributed by atoms with E-state index >= 15 is 0 Å². The molecule has 0 unspecified atom stereocenters. The van der Waals surface area contributed by atoms with Crippen LogP contribution in [0.2, 0.25) is 0 Å². The number of ether oxygens (including phenoxy) is 2. The molecule has 0 amide bonds. The van der Waals surface area contributed by atoms with E-state index < -0.39 is 23.3 Å².